The first-order valence-corrected chi connectivity index (χ1v) is 8.23. The second kappa shape index (κ2) is 7.63. The van der Waals surface area contributed by atoms with E-state index in [0.29, 0.717) is 35.7 Å². The molecule has 0 radical (unpaired) electrons. The molecule has 7 heteroatoms. The summed E-state index contributed by atoms with van der Waals surface area (Å²) in [5.41, 5.74) is 6.47. The lowest BCUT2D eigenvalue weighted by Gasteiger charge is -2.29. The molecule has 24 heavy (non-hydrogen) atoms. The summed E-state index contributed by atoms with van der Waals surface area (Å²) in [5, 5.41) is 4.13. The fourth-order valence-corrected chi connectivity index (χ4v) is 3.08. The molecule has 7 nitrogen and oxygen atoms in total. The predicted molar refractivity (Wildman–Crippen MR) is 90.3 cm³/mol. The van der Waals surface area contributed by atoms with E-state index in [2.05, 4.69) is 15.0 Å². The molecule has 130 valence electrons. The van der Waals surface area contributed by atoms with Gasteiger partial charge in [0.1, 0.15) is 0 Å². The molecule has 0 unspecified atom stereocenters. The van der Waals surface area contributed by atoms with Gasteiger partial charge in [-0.3, -0.25) is 0 Å². The van der Waals surface area contributed by atoms with Crippen molar-refractivity contribution in [3.05, 3.63) is 24.1 Å². The van der Waals surface area contributed by atoms with E-state index >= 15 is 0 Å². The van der Waals surface area contributed by atoms with Crippen molar-refractivity contribution in [3.63, 3.8) is 0 Å². The number of ether oxygens (including phenoxy) is 2. The lowest BCUT2D eigenvalue weighted by molar-refractivity contribution is 0.198. The summed E-state index contributed by atoms with van der Waals surface area (Å²) in [6, 6.07) is 5.60. The maximum atomic E-state index is 5.62. The molecule has 1 saturated heterocycles. The molecule has 0 amide bonds. The van der Waals surface area contributed by atoms with Gasteiger partial charge in [-0.1, -0.05) is 5.16 Å². The number of nitrogens with two attached hydrogens (primary N) is 1. The smallest absolute Gasteiger partial charge is 0.230 e. The maximum Gasteiger partial charge on any atom is 0.230 e. The summed E-state index contributed by atoms with van der Waals surface area (Å²) in [6.07, 6.45) is 2.04. The molecule has 0 atom stereocenters. The van der Waals surface area contributed by atoms with Crippen molar-refractivity contribution in [2.24, 2.45) is 5.73 Å². The van der Waals surface area contributed by atoms with E-state index in [0.717, 1.165) is 38.0 Å². The molecule has 1 aromatic heterocycles. The molecular weight excluding hydrogens is 308 g/mol. The Morgan fingerprint density at radius 2 is 1.96 bits per heavy atom. The van der Waals surface area contributed by atoms with Gasteiger partial charge >= 0.3 is 0 Å². The summed E-state index contributed by atoms with van der Waals surface area (Å²) in [7, 11) is 3.22. The molecule has 0 aliphatic carbocycles. The highest BCUT2D eigenvalue weighted by Gasteiger charge is 2.25. The molecule has 3 rings (SSSR count). The first-order chi connectivity index (χ1) is 11.7. The van der Waals surface area contributed by atoms with Gasteiger partial charge in [0, 0.05) is 24.6 Å². The van der Waals surface area contributed by atoms with Crippen LogP contribution in [0.2, 0.25) is 0 Å². The first kappa shape index (κ1) is 16.7. The average molecular weight is 332 g/mol. The minimum absolute atomic E-state index is 0.320. The van der Waals surface area contributed by atoms with Gasteiger partial charge in [-0.15, -0.1) is 0 Å². The Morgan fingerprint density at radius 3 is 2.62 bits per heavy atom. The van der Waals surface area contributed by atoms with Crippen LogP contribution in [0.25, 0.3) is 11.4 Å². The number of benzene rings is 1. The zero-order chi connectivity index (χ0) is 16.9. The normalized spacial score (nSPS) is 16.3. The predicted octanol–water partition coefficient (Wildman–Crippen LogP) is 1.89. The summed E-state index contributed by atoms with van der Waals surface area (Å²) in [4.78, 5) is 6.97. The Balaban J connectivity index is 1.72. The SMILES string of the molecule is COc1ccc(-c2noc(C3CCN(CCN)CC3)n2)cc1OC. The molecule has 0 bridgehead atoms. The van der Waals surface area contributed by atoms with Crippen LogP contribution in [0.5, 0.6) is 11.5 Å². The Kier molecular flexibility index (Phi) is 5.32. The van der Waals surface area contributed by atoms with E-state index in [1.165, 1.54) is 0 Å². The van der Waals surface area contributed by atoms with Crippen molar-refractivity contribution >= 4 is 0 Å². The highest BCUT2D eigenvalue weighted by atomic mass is 16.5. The van der Waals surface area contributed by atoms with Crippen LogP contribution in [0.3, 0.4) is 0 Å². The van der Waals surface area contributed by atoms with Gasteiger partial charge in [-0.25, -0.2) is 0 Å². The largest absolute Gasteiger partial charge is 0.493 e. The van der Waals surface area contributed by atoms with E-state index in [4.69, 9.17) is 19.7 Å². The lowest BCUT2D eigenvalue weighted by atomic mass is 9.97. The Bertz CT molecular complexity index is 666. The van der Waals surface area contributed by atoms with E-state index < -0.39 is 0 Å². The molecule has 1 aliphatic heterocycles. The number of hydrogen-bond acceptors (Lipinski definition) is 7. The third kappa shape index (κ3) is 3.52. The average Bonchev–Trinajstić information content (AvgIpc) is 3.12. The second-order valence-corrected chi connectivity index (χ2v) is 5.93. The third-order valence-electron chi connectivity index (χ3n) is 4.47. The van der Waals surface area contributed by atoms with Crippen molar-refractivity contribution in [1.82, 2.24) is 15.0 Å². The van der Waals surface area contributed by atoms with Crippen LogP contribution in [0.1, 0.15) is 24.7 Å². The second-order valence-electron chi connectivity index (χ2n) is 5.93. The van der Waals surface area contributed by atoms with Crippen LogP contribution in [0, 0.1) is 0 Å². The van der Waals surface area contributed by atoms with E-state index in [1.54, 1.807) is 14.2 Å². The molecule has 2 heterocycles. The van der Waals surface area contributed by atoms with Crippen LogP contribution in [-0.4, -0.2) is 55.4 Å². The highest BCUT2D eigenvalue weighted by Crippen LogP contribution is 2.33. The quantitative estimate of drug-likeness (QED) is 0.864. The zero-order valence-electron chi connectivity index (χ0n) is 14.2. The number of hydrogen-bond donors (Lipinski definition) is 1. The van der Waals surface area contributed by atoms with E-state index in [1.807, 2.05) is 18.2 Å². The Labute approximate surface area is 141 Å². The van der Waals surface area contributed by atoms with E-state index in [-0.39, 0.29) is 0 Å². The summed E-state index contributed by atoms with van der Waals surface area (Å²) in [6.45, 7) is 3.70. The number of likely N-dealkylation sites (tertiary alicyclic amines) is 1. The van der Waals surface area contributed by atoms with Gasteiger partial charge in [0.25, 0.3) is 0 Å². The van der Waals surface area contributed by atoms with Crippen molar-refractivity contribution in [2.75, 3.05) is 40.4 Å². The number of piperidine rings is 1. The van der Waals surface area contributed by atoms with Gasteiger partial charge in [0.2, 0.25) is 11.7 Å². The summed E-state index contributed by atoms with van der Waals surface area (Å²) >= 11 is 0. The lowest BCUT2D eigenvalue weighted by Crippen LogP contribution is -2.36. The van der Waals surface area contributed by atoms with Crippen LogP contribution < -0.4 is 15.2 Å². The van der Waals surface area contributed by atoms with Gasteiger partial charge in [0.15, 0.2) is 11.5 Å². The highest BCUT2D eigenvalue weighted by molar-refractivity contribution is 5.60. The molecular formula is C17H24N4O3. The summed E-state index contributed by atoms with van der Waals surface area (Å²) < 4.78 is 16.1. The Hall–Kier alpha value is -2.12. The topological polar surface area (TPSA) is 86.6 Å². The maximum absolute atomic E-state index is 5.62. The standard InChI is InChI=1S/C17H24N4O3/c1-22-14-4-3-13(11-15(14)23-2)16-19-17(24-20-16)12-5-8-21(9-6-12)10-7-18/h3-4,11-12H,5-10,18H2,1-2H3. The third-order valence-corrected chi connectivity index (χ3v) is 4.47. The minimum Gasteiger partial charge on any atom is -0.493 e. The van der Waals surface area contributed by atoms with Gasteiger partial charge in [-0.05, 0) is 44.1 Å². The molecule has 0 spiro atoms. The van der Waals surface area contributed by atoms with Gasteiger partial charge in [0.05, 0.1) is 14.2 Å². The number of aromatic nitrogens is 2. The van der Waals surface area contributed by atoms with Crippen molar-refractivity contribution in [1.29, 1.82) is 0 Å². The van der Waals surface area contributed by atoms with Crippen LogP contribution in [0.4, 0.5) is 0 Å². The molecule has 2 N–H and O–H groups in total. The van der Waals surface area contributed by atoms with Crippen molar-refractivity contribution in [3.8, 4) is 22.9 Å². The number of rotatable bonds is 6. The number of methoxy groups -OCH3 is 2. The van der Waals surface area contributed by atoms with Crippen LogP contribution in [-0.2, 0) is 0 Å². The molecule has 1 aromatic carbocycles. The number of nitrogens with zero attached hydrogens (tertiary/aromatic N) is 3. The molecule has 0 saturated carbocycles. The zero-order valence-corrected chi connectivity index (χ0v) is 14.2. The van der Waals surface area contributed by atoms with Gasteiger partial charge < -0.3 is 24.6 Å². The van der Waals surface area contributed by atoms with Crippen molar-refractivity contribution < 1.29 is 14.0 Å². The molecule has 1 fully saturated rings. The first-order valence-electron chi connectivity index (χ1n) is 8.23. The fourth-order valence-electron chi connectivity index (χ4n) is 3.08. The fraction of sp³-hybridized carbons (Fsp3) is 0.529. The monoisotopic (exact) mass is 332 g/mol. The molecule has 1 aliphatic rings. The van der Waals surface area contributed by atoms with Crippen LogP contribution >= 0.6 is 0 Å². The van der Waals surface area contributed by atoms with Crippen LogP contribution in [0.15, 0.2) is 22.7 Å². The van der Waals surface area contributed by atoms with Gasteiger partial charge in [-0.2, -0.15) is 4.98 Å². The Morgan fingerprint density at radius 1 is 1.21 bits per heavy atom. The van der Waals surface area contributed by atoms with E-state index in [9.17, 15) is 0 Å². The summed E-state index contributed by atoms with van der Waals surface area (Å²) in [5.74, 6) is 2.94. The minimum atomic E-state index is 0.320. The molecule has 2 aromatic rings. The van der Waals surface area contributed by atoms with Crippen molar-refractivity contribution in [2.45, 2.75) is 18.8 Å².